The lowest BCUT2D eigenvalue weighted by molar-refractivity contribution is 0.217. The summed E-state index contributed by atoms with van der Waals surface area (Å²) in [5, 5.41) is 3.25. The molecule has 0 aromatic heterocycles. The Morgan fingerprint density at radius 2 is 1.53 bits per heavy atom. The van der Waals surface area contributed by atoms with Gasteiger partial charge in [0.05, 0.1) is 0 Å². The minimum absolute atomic E-state index is 0.532. The first kappa shape index (κ1) is 13.3. The Hall–Kier alpha value is -2.16. The van der Waals surface area contributed by atoms with Gasteiger partial charge in [0.15, 0.2) is 0 Å². The maximum absolute atomic E-state index is 5.65. The summed E-state index contributed by atoms with van der Waals surface area (Å²) in [6, 6.07) is 17.7. The normalized spacial score (nSPS) is 9.95. The molecule has 0 amide bonds. The lowest BCUT2D eigenvalue weighted by atomic mass is 10.3. The van der Waals surface area contributed by atoms with Crippen LogP contribution in [0.2, 0.25) is 0 Å². The van der Waals surface area contributed by atoms with Crippen LogP contribution < -0.4 is 14.8 Å². The van der Waals surface area contributed by atoms with E-state index in [1.165, 1.54) is 0 Å². The SMILES string of the molecule is CCNc1cccc(OCCOc2ccccc2)c1. The number of para-hydroxylation sites is 1. The molecule has 0 unspecified atom stereocenters. The van der Waals surface area contributed by atoms with Crippen molar-refractivity contribution in [2.24, 2.45) is 0 Å². The van der Waals surface area contributed by atoms with E-state index in [1.54, 1.807) is 0 Å². The third-order valence-corrected chi connectivity index (χ3v) is 2.58. The number of hydrogen-bond acceptors (Lipinski definition) is 3. The summed E-state index contributed by atoms with van der Waals surface area (Å²) in [5.74, 6) is 1.72. The molecule has 1 N–H and O–H groups in total. The van der Waals surface area contributed by atoms with Crippen molar-refractivity contribution >= 4 is 5.69 Å². The Labute approximate surface area is 114 Å². The van der Waals surface area contributed by atoms with Crippen LogP contribution in [0.15, 0.2) is 54.6 Å². The lowest BCUT2D eigenvalue weighted by Crippen LogP contribution is -2.09. The van der Waals surface area contributed by atoms with Crippen LogP contribution >= 0.6 is 0 Å². The Bertz CT molecular complexity index is 485. The number of rotatable bonds is 7. The highest BCUT2D eigenvalue weighted by Gasteiger charge is 1.97. The van der Waals surface area contributed by atoms with Gasteiger partial charge in [-0.25, -0.2) is 0 Å². The van der Waals surface area contributed by atoms with Crippen molar-refractivity contribution in [3.05, 3.63) is 54.6 Å². The van der Waals surface area contributed by atoms with Crippen LogP contribution in [0.3, 0.4) is 0 Å². The van der Waals surface area contributed by atoms with Gasteiger partial charge in [-0.1, -0.05) is 24.3 Å². The van der Waals surface area contributed by atoms with Gasteiger partial charge < -0.3 is 14.8 Å². The average Bonchev–Trinajstić information content (AvgIpc) is 2.46. The first-order chi connectivity index (χ1) is 9.38. The zero-order valence-corrected chi connectivity index (χ0v) is 11.1. The first-order valence-electron chi connectivity index (χ1n) is 6.53. The second-order valence-corrected chi connectivity index (χ2v) is 4.07. The maximum Gasteiger partial charge on any atom is 0.122 e. The summed E-state index contributed by atoms with van der Waals surface area (Å²) in [6.45, 7) is 4.04. The topological polar surface area (TPSA) is 30.5 Å². The van der Waals surface area contributed by atoms with Crippen molar-refractivity contribution in [2.45, 2.75) is 6.92 Å². The molecule has 0 bridgehead atoms. The van der Waals surface area contributed by atoms with E-state index in [4.69, 9.17) is 9.47 Å². The molecular formula is C16H19NO2. The highest BCUT2D eigenvalue weighted by Crippen LogP contribution is 2.17. The molecule has 3 nitrogen and oxygen atoms in total. The first-order valence-corrected chi connectivity index (χ1v) is 6.53. The zero-order chi connectivity index (χ0) is 13.3. The zero-order valence-electron chi connectivity index (χ0n) is 11.1. The molecule has 0 fully saturated rings. The van der Waals surface area contributed by atoms with Crippen molar-refractivity contribution in [1.82, 2.24) is 0 Å². The number of benzene rings is 2. The van der Waals surface area contributed by atoms with Gasteiger partial charge in [-0.2, -0.15) is 0 Å². The molecule has 0 aliphatic carbocycles. The highest BCUT2D eigenvalue weighted by molar-refractivity contribution is 5.47. The Kier molecular flexibility index (Phi) is 5.11. The van der Waals surface area contributed by atoms with Crippen molar-refractivity contribution in [3.63, 3.8) is 0 Å². The minimum Gasteiger partial charge on any atom is -0.490 e. The van der Waals surface area contributed by atoms with E-state index in [2.05, 4.69) is 12.2 Å². The third-order valence-electron chi connectivity index (χ3n) is 2.58. The van der Waals surface area contributed by atoms with Crippen molar-refractivity contribution in [3.8, 4) is 11.5 Å². The molecule has 0 saturated heterocycles. The van der Waals surface area contributed by atoms with E-state index < -0.39 is 0 Å². The quantitative estimate of drug-likeness (QED) is 0.769. The molecule has 2 rings (SSSR count). The summed E-state index contributed by atoms with van der Waals surface area (Å²) >= 11 is 0. The molecule has 0 heterocycles. The lowest BCUT2D eigenvalue weighted by Gasteiger charge is -2.10. The third kappa shape index (κ3) is 4.54. The molecule has 0 radical (unpaired) electrons. The summed E-state index contributed by atoms with van der Waals surface area (Å²) in [4.78, 5) is 0. The molecule has 3 heteroatoms. The average molecular weight is 257 g/mol. The van der Waals surface area contributed by atoms with Crippen LogP contribution in [-0.2, 0) is 0 Å². The second-order valence-electron chi connectivity index (χ2n) is 4.07. The Balaban J connectivity index is 1.75. The van der Waals surface area contributed by atoms with Crippen LogP contribution in [-0.4, -0.2) is 19.8 Å². The fourth-order valence-corrected chi connectivity index (χ4v) is 1.74. The smallest absolute Gasteiger partial charge is 0.122 e. The van der Waals surface area contributed by atoms with Crippen LogP contribution in [0, 0.1) is 0 Å². The molecular weight excluding hydrogens is 238 g/mol. The van der Waals surface area contributed by atoms with E-state index in [-0.39, 0.29) is 0 Å². The monoisotopic (exact) mass is 257 g/mol. The summed E-state index contributed by atoms with van der Waals surface area (Å²) < 4.78 is 11.2. The van der Waals surface area contributed by atoms with Crippen LogP contribution in [0.5, 0.6) is 11.5 Å². The fourth-order valence-electron chi connectivity index (χ4n) is 1.74. The molecule has 2 aromatic carbocycles. The Morgan fingerprint density at radius 1 is 0.842 bits per heavy atom. The molecule has 100 valence electrons. The number of ether oxygens (including phenoxy) is 2. The predicted octanol–water partition coefficient (Wildman–Crippen LogP) is 3.58. The fraction of sp³-hybridized carbons (Fsp3) is 0.250. The van der Waals surface area contributed by atoms with E-state index >= 15 is 0 Å². The molecule has 0 saturated carbocycles. The minimum atomic E-state index is 0.532. The van der Waals surface area contributed by atoms with E-state index in [0.717, 1.165) is 23.7 Å². The van der Waals surface area contributed by atoms with Crippen LogP contribution in [0.25, 0.3) is 0 Å². The van der Waals surface area contributed by atoms with Crippen molar-refractivity contribution in [1.29, 1.82) is 0 Å². The highest BCUT2D eigenvalue weighted by atomic mass is 16.5. The molecule has 0 spiro atoms. The molecule has 19 heavy (non-hydrogen) atoms. The van der Waals surface area contributed by atoms with Crippen LogP contribution in [0.1, 0.15) is 6.92 Å². The van der Waals surface area contributed by atoms with E-state index in [9.17, 15) is 0 Å². The van der Waals surface area contributed by atoms with E-state index in [1.807, 2.05) is 54.6 Å². The summed E-state index contributed by atoms with van der Waals surface area (Å²) in [5.41, 5.74) is 1.07. The van der Waals surface area contributed by atoms with Gasteiger partial charge in [-0.15, -0.1) is 0 Å². The number of hydrogen-bond donors (Lipinski definition) is 1. The van der Waals surface area contributed by atoms with Crippen LogP contribution in [0.4, 0.5) is 5.69 Å². The standard InChI is InChI=1S/C16H19NO2/c1-2-17-14-7-6-10-16(13-14)19-12-11-18-15-8-4-3-5-9-15/h3-10,13,17H,2,11-12H2,1H3. The van der Waals surface area contributed by atoms with Gasteiger partial charge in [0.25, 0.3) is 0 Å². The second kappa shape index (κ2) is 7.31. The largest absolute Gasteiger partial charge is 0.490 e. The van der Waals surface area contributed by atoms with Crippen molar-refractivity contribution < 1.29 is 9.47 Å². The van der Waals surface area contributed by atoms with Gasteiger partial charge in [-0.05, 0) is 31.2 Å². The van der Waals surface area contributed by atoms with Crippen molar-refractivity contribution in [2.75, 3.05) is 25.1 Å². The van der Waals surface area contributed by atoms with Gasteiger partial charge in [-0.3, -0.25) is 0 Å². The number of anilines is 1. The Morgan fingerprint density at radius 3 is 2.26 bits per heavy atom. The predicted molar refractivity (Wildman–Crippen MR) is 78.0 cm³/mol. The van der Waals surface area contributed by atoms with E-state index in [0.29, 0.717) is 13.2 Å². The van der Waals surface area contributed by atoms with Gasteiger partial charge >= 0.3 is 0 Å². The number of nitrogens with one attached hydrogen (secondary N) is 1. The van der Waals surface area contributed by atoms with Gasteiger partial charge in [0, 0.05) is 18.3 Å². The molecule has 2 aromatic rings. The maximum atomic E-state index is 5.65. The summed E-state index contributed by atoms with van der Waals surface area (Å²) in [7, 11) is 0. The van der Waals surface area contributed by atoms with Gasteiger partial charge in [0.2, 0.25) is 0 Å². The molecule has 0 aliphatic rings. The van der Waals surface area contributed by atoms with Gasteiger partial charge in [0.1, 0.15) is 24.7 Å². The molecule has 0 atom stereocenters. The molecule has 0 aliphatic heterocycles. The summed E-state index contributed by atoms with van der Waals surface area (Å²) in [6.07, 6.45) is 0.